The minimum atomic E-state index is -0.341. The molecule has 2 aromatic carbocycles. The summed E-state index contributed by atoms with van der Waals surface area (Å²) in [5.74, 6) is 0.863. The molecule has 1 saturated heterocycles. The summed E-state index contributed by atoms with van der Waals surface area (Å²) in [7, 11) is 1.40. The van der Waals surface area contributed by atoms with Crippen LogP contribution in [0.2, 0.25) is 0 Å². The van der Waals surface area contributed by atoms with Crippen LogP contribution in [-0.4, -0.2) is 42.8 Å². The summed E-state index contributed by atoms with van der Waals surface area (Å²) in [6, 6.07) is 16.8. The summed E-state index contributed by atoms with van der Waals surface area (Å²) < 4.78 is 10.7. The summed E-state index contributed by atoms with van der Waals surface area (Å²) in [6.45, 7) is 2.84. The fourth-order valence-corrected chi connectivity index (χ4v) is 4.52. The van der Waals surface area contributed by atoms with E-state index in [9.17, 15) is 4.79 Å². The number of rotatable bonds is 5. The van der Waals surface area contributed by atoms with E-state index >= 15 is 0 Å². The number of anilines is 1. The van der Waals surface area contributed by atoms with Crippen LogP contribution in [0.15, 0.2) is 53.4 Å². The number of amides is 1. The van der Waals surface area contributed by atoms with Crippen molar-refractivity contribution in [3.63, 3.8) is 0 Å². The molecule has 2 N–H and O–H groups in total. The van der Waals surface area contributed by atoms with Crippen molar-refractivity contribution >= 4 is 23.5 Å². The van der Waals surface area contributed by atoms with Gasteiger partial charge in [0.1, 0.15) is 5.75 Å². The number of ether oxygens (including phenoxy) is 2. The number of thioether (sulfide) groups is 1. The summed E-state index contributed by atoms with van der Waals surface area (Å²) in [4.78, 5) is 14.9. The Kier molecular flexibility index (Phi) is 5.92. The van der Waals surface area contributed by atoms with Crippen molar-refractivity contribution in [2.24, 2.45) is 0 Å². The molecule has 1 unspecified atom stereocenters. The number of piperidine rings is 1. The molecule has 0 bridgehead atoms. The number of carbonyl (C=O) groups excluding carboxylic acids is 1. The van der Waals surface area contributed by atoms with Gasteiger partial charge in [-0.3, -0.25) is 4.90 Å². The van der Waals surface area contributed by atoms with Gasteiger partial charge in [-0.05, 0) is 42.7 Å². The number of nitrogens with one attached hydrogen (secondary N) is 2. The molecule has 2 aromatic rings. The molecule has 7 heteroatoms. The van der Waals surface area contributed by atoms with Crippen LogP contribution in [0.5, 0.6) is 5.75 Å². The first-order valence-corrected chi connectivity index (χ1v) is 10.4. The SMILES string of the molecule is COC(=O)NC1CCN(Cc2ccc(OC3Nc4ccccc4S3)cc2)CC1. The molecule has 0 aromatic heterocycles. The Hall–Kier alpha value is -2.38. The molecular formula is C21H25N3O3S. The van der Waals surface area contributed by atoms with Gasteiger partial charge in [-0.15, -0.1) is 0 Å². The van der Waals surface area contributed by atoms with Crippen LogP contribution < -0.4 is 15.4 Å². The quantitative estimate of drug-likeness (QED) is 0.795. The van der Waals surface area contributed by atoms with E-state index in [1.807, 2.05) is 24.3 Å². The zero-order valence-corrected chi connectivity index (χ0v) is 16.7. The van der Waals surface area contributed by atoms with Gasteiger partial charge in [-0.2, -0.15) is 0 Å². The van der Waals surface area contributed by atoms with Gasteiger partial charge in [0.25, 0.3) is 0 Å². The van der Waals surface area contributed by atoms with Crippen molar-refractivity contribution in [1.29, 1.82) is 0 Å². The zero-order chi connectivity index (χ0) is 19.3. The van der Waals surface area contributed by atoms with Crippen molar-refractivity contribution in [2.45, 2.75) is 35.9 Å². The van der Waals surface area contributed by atoms with E-state index < -0.39 is 0 Å². The van der Waals surface area contributed by atoms with Crippen molar-refractivity contribution in [2.75, 3.05) is 25.5 Å². The van der Waals surface area contributed by atoms with Gasteiger partial charge in [0, 0.05) is 30.6 Å². The molecule has 1 atom stereocenters. The molecule has 0 saturated carbocycles. The summed E-state index contributed by atoms with van der Waals surface area (Å²) in [5, 5.41) is 6.27. The maximum absolute atomic E-state index is 11.3. The van der Waals surface area contributed by atoms with Gasteiger partial charge < -0.3 is 20.1 Å². The maximum atomic E-state index is 11.3. The van der Waals surface area contributed by atoms with E-state index in [0.29, 0.717) is 0 Å². The molecule has 2 heterocycles. The number of likely N-dealkylation sites (tertiary alicyclic amines) is 1. The van der Waals surface area contributed by atoms with Crippen molar-refractivity contribution in [3.05, 3.63) is 54.1 Å². The molecule has 0 spiro atoms. The topological polar surface area (TPSA) is 62.8 Å². The summed E-state index contributed by atoms with van der Waals surface area (Å²) in [5.41, 5.74) is 2.30. The Morgan fingerprint density at radius 3 is 2.64 bits per heavy atom. The van der Waals surface area contributed by atoms with Crippen LogP contribution in [0.4, 0.5) is 10.5 Å². The lowest BCUT2D eigenvalue weighted by Crippen LogP contribution is -2.44. The van der Waals surface area contributed by atoms with Crippen molar-refractivity contribution < 1.29 is 14.3 Å². The summed E-state index contributed by atoms with van der Waals surface area (Å²) in [6.07, 6.45) is 1.55. The Labute approximate surface area is 169 Å². The van der Waals surface area contributed by atoms with Crippen molar-refractivity contribution in [3.8, 4) is 5.75 Å². The number of benzene rings is 2. The second-order valence-electron chi connectivity index (χ2n) is 7.04. The number of hydrogen-bond donors (Lipinski definition) is 2. The highest BCUT2D eigenvalue weighted by atomic mass is 32.2. The average Bonchev–Trinajstić information content (AvgIpc) is 3.13. The van der Waals surface area contributed by atoms with Gasteiger partial charge >= 0.3 is 6.09 Å². The molecule has 1 fully saturated rings. The zero-order valence-electron chi connectivity index (χ0n) is 15.9. The number of hydrogen-bond acceptors (Lipinski definition) is 6. The number of alkyl carbamates (subject to hydrolysis) is 1. The first-order valence-electron chi connectivity index (χ1n) is 9.54. The standard InChI is InChI=1S/C21H25N3O3S/c1-26-20(25)22-16-10-12-24(13-11-16)14-15-6-8-17(9-7-15)27-21-23-18-4-2-3-5-19(18)28-21/h2-9,16,21,23H,10-14H2,1H3,(H,22,25). The molecule has 6 nitrogen and oxygen atoms in total. The first kappa shape index (κ1) is 19.0. The van der Waals surface area contributed by atoms with Gasteiger partial charge in [0.2, 0.25) is 5.56 Å². The van der Waals surface area contributed by atoms with E-state index in [4.69, 9.17) is 4.74 Å². The Morgan fingerprint density at radius 1 is 1.18 bits per heavy atom. The third-order valence-electron chi connectivity index (χ3n) is 5.06. The fourth-order valence-electron chi connectivity index (χ4n) is 3.53. The van der Waals surface area contributed by atoms with Crippen LogP contribution in [0.3, 0.4) is 0 Å². The molecule has 0 aliphatic carbocycles. The number of fused-ring (bicyclic) bond motifs is 1. The molecule has 148 valence electrons. The smallest absolute Gasteiger partial charge is 0.407 e. The van der Waals surface area contributed by atoms with Crippen LogP contribution in [-0.2, 0) is 11.3 Å². The molecule has 4 rings (SSSR count). The minimum absolute atomic E-state index is 0.0930. The molecule has 1 amide bonds. The van der Waals surface area contributed by atoms with E-state index in [2.05, 4.69) is 44.5 Å². The second kappa shape index (κ2) is 8.75. The third kappa shape index (κ3) is 4.72. The molecule has 0 radical (unpaired) electrons. The monoisotopic (exact) mass is 399 g/mol. The Balaban J connectivity index is 1.24. The molecule has 2 aliphatic rings. The van der Waals surface area contributed by atoms with Crippen molar-refractivity contribution in [1.82, 2.24) is 10.2 Å². The number of para-hydroxylation sites is 1. The Morgan fingerprint density at radius 2 is 1.93 bits per heavy atom. The van der Waals surface area contributed by atoms with Gasteiger partial charge in [-0.1, -0.05) is 36.0 Å². The fraction of sp³-hybridized carbons (Fsp3) is 0.381. The van der Waals surface area contributed by atoms with Crippen LogP contribution in [0.25, 0.3) is 0 Å². The largest absolute Gasteiger partial charge is 0.461 e. The molecular weight excluding hydrogens is 374 g/mol. The van der Waals surface area contributed by atoms with Crippen LogP contribution in [0, 0.1) is 0 Å². The number of methoxy groups -OCH3 is 1. The lowest BCUT2D eigenvalue weighted by atomic mass is 10.0. The normalized spacial score (nSPS) is 19.5. The maximum Gasteiger partial charge on any atom is 0.407 e. The van der Waals surface area contributed by atoms with Crippen LogP contribution >= 0.6 is 11.8 Å². The highest BCUT2D eigenvalue weighted by Crippen LogP contribution is 2.38. The highest BCUT2D eigenvalue weighted by Gasteiger charge is 2.23. The minimum Gasteiger partial charge on any atom is -0.461 e. The second-order valence-corrected chi connectivity index (χ2v) is 8.14. The average molecular weight is 400 g/mol. The van der Waals surface area contributed by atoms with E-state index in [0.717, 1.165) is 43.9 Å². The van der Waals surface area contributed by atoms with Gasteiger partial charge in [0.05, 0.1) is 12.8 Å². The number of carbonyl (C=O) groups is 1. The summed E-state index contributed by atoms with van der Waals surface area (Å²) >= 11 is 1.69. The van der Waals surface area contributed by atoms with E-state index in [-0.39, 0.29) is 17.7 Å². The van der Waals surface area contributed by atoms with Gasteiger partial charge in [0.15, 0.2) is 0 Å². The predicted molar refractivity (Wildman–Crippen MR) is 111 cm³/mol. The Bertz CT molecular complexity index is 782. The molecule has 2 aliphatic heterocycles. The van der Waals surface area contributed by atoms with Gasteiger partial charge in [-0.25, -0.2) is 4.79 Å². The first-order chi connectivity index (χ1) is 13.7. The van der Waals surface area contributed by atoms with Crippen LogP contribution in [0.1, 0.15) is 18.4 Å². The lowest BCUT2D eigenvalue weighted by molar-refractivity contribution is 0.150. The third-order valence-corrected chi connectivity index (χ3v) is 6.10. The lowest BCUT2D eigenvalue weighted by Gasteiger charge is -2.32. The predicted octanol–water partition coefficient (Wildman–Crippen LogP) is 3.89. The van der Waals surface area contributed by atoms with E-state index in [1.54, 1.807) is 11.8 Å². The van der Waals surface area contributed by atoms with E-state index in [1.165, 1.54) is 17.6 Å². The number of nitrogens with zero attached hydrogens (tertiary/aromatic N) is 1. The molecule has 28 heavy (non-hydrogen) atoms. The highest BCUT2D eigenvalue weighted by molar-refractivity contribution is 8.00.